The first-order valence-corrected chi connectivity index (χ1v) is 5.47. The molecule has 1 fully saturated rings. The van der Waals surface area contributed by atoms with Gasteiger partial charge in [-0.1, -0.05) is 13.3 Å². The molecule has 0 amide bonds. The summed E-state index contributed by atoms with van der Waals surface area (Å²) < 4.78 is 0. The first-order chi connectivity index (χ1) is 6.27. The van der Waals surface area contributed by atoms with Gasteiger partial charge in [0.25, 0.3) is 0 Å². The van der Waals surface area contributed by atoms with Gasteiger partial charge < -0.3 is 11.5 Å². The van der Waals surface area contributed by atoms with Gasteiger partial charge in [-0.05, 0) is 44.8 Å². The van der Waals surface area contributed by atoms with Crippen molar-refractivity contribution in [1.29, 1.82) is 0 Å². The van der Waals surface area contributed by atoms with Crippen LogP contribution in [-0.2, 0) is 0 Å². The highest BCUT2D eigenvalue weighted by molar-refractivity contribution is 4.78. The van der Waals surface area contributed by atoms with Crippen molar-refractivity contribution in [2.75, 3.05) is 19.6 Å². The fourth-order valence-electron chi connectivity index (χ4n) is 1.98. The van der Waals surface area contributed by atoms with E-state index in [1.54, 1.807) is 0 Å². The van der Waals surface area contributed by atoms with E-state index in [0.717, 1.165) is 26.1 Å². The van der Waals surface area contributed by atoms with Gasteiger partial charge in [0.1, 0.15) is 0 Å². The van der Waals surface area contributed by atoms with Crippen LogP contribution in [0.15, 0.2) is 0 Å². The van der Waals surface area contributed by atoms with E-state index in [9.17, 15) is 0 Å². The van der Waals surface area contributed by atoms with Crippen LogP contribution in [0.5, 0.6) is 0 Å². The van der Waals surface area contributed by atoms with Gasteiger partial charge in [-0.15, -0.1) is 0 Å². The Labute approximate surface area is 81.5 Å². The van der Waals surface area contributed by atoms with Crippen molar-refractivity contribution in [2.24, 2.45) is 17.4 Å². The quantitative estimate of drug-likeness (QED) is 0.679. The van der Waals surface area contributed by atoms with E-state index >= 15 is 0 Å². The molecule has 0 bridgehead atoms. The molecule has 3 heteroatoms. The zero-order chi connectivity index (χ0) is 9.68. The zero-order valence-corrected chi connectivity index (χ0v) is 8.71. The molecular weight excluding hydrogens is 162 g/mol. The van der Waals surface area contributed by atoms with E-state index in [2.05, 4.69) is 11.8 Å². The summed E-state index contributed by atoms with van der Waals surface area (Å²) in [6.45, 7) is 5.32. The van der Waals surface area contributed by atoms with E-state index in [4.69, 9.17) is 11.5 Å². The SMILES string of the molecule is CCCCN1CCC(CN)CC1N. The third kappa shape index (κ3) is 3.25. The number of nitrogens with two attached hydrogens (primary N) is 2. The molecule has 4 N–H and O–H groups in total. The van der Waals surface area contributed by atoms with Crippen LogP contribution in [-0.4, -0.2) is 30.7 Å². The number of unbranched alkanes of at least 4 members (excludes halogenated alkanes) is 1. The molecule has 78 valence electrons. The zero-order valence-electron chi connectivity index (χ0n) is 8.71. The molecule has 1 saturated heterocycles. The summed E-state index contributed by atoms with van der Waals surface area (Å²) in [4.78, 5) is 2.40. The second-order valence-electron chi connectivity index (χ2n) is 4.08. The smallest absolute Gasteiger partial charge is 0.0574 e. The van der Waals surface area contributed by atoms with Gasteiger partial charge >= 0.3 is 0 Å². The summed E-state index contributed by atoms with van der Waals surface area (Å²) >= 11 is 0. The van der Waals surface area contributed by atoms with Gasteiger partial charge in [0.15, 0.2) is 0 Å². The molecule has 0 aromatic carbocycles. The molecule has 2 unspecified atom stereocenters. The van der Waals surface area contributed by atoms with E-state index in [1.807, 2.05) is 0 Å². The van der Waals surface area contributed by atoms with E-state index < -0.39 is 0 Å². The highest BCUT2D eigenvalue weighted by Crippen LogP contribution is 2.19. The van der Waals surface area contributed by atoms with E-state index in [1.165, 1.54) is 19.3 Å². The van der Waals surface area contributed by atoms with E-state index in [-0.39, 0.29) is 6.17 Å². The molecule has 1 rings (SSSR count). The second kappa shape index (κ2) is 5.58. The molecule has 1 aliphatic heterocycles. The fraction of sp³-hybridized carbons (Fsp3) is 1.00. The first-order valence-electron chi connectivity index (χ1n) is 5.47. The topological polar surface area (TPSA) is 55.3 Å². The Morgan fingerprint density at radius 3 is 2.77 bits per heavy atom. The summed E-state index contributed by atoms with van der Waals surface area (Å²) in [6.07, 6.45) is 5.09. The van der Waals surface area contributed by atoms with Crippen molar-refractivity contribution in [3.05, 3.63) is 0 Å². The minimum Gasteiger partial charge on any atom is -0.330 e. The number of rotatable bonds is 4. The maximum absolute atomic E-state index is 6.06. The van der Waals surface area contributed by atoms with Crippen LogP contribution in [0.2, 0.25) is 0 Å². The summed E-state index contributed by atoms with van der Waals surface area (Å²) in [6, 6.07) is 0. The normalized spacial score (nSPS) is 30.7. The predicted octanol–water partition coefficient (Wildman–Crippen LogP) is 0.742. The molecule has 0 radical (unpaired) electrons. The molecule has 3 nitrogen and oxygen atoms in total. The Hall–Kier alpha value is -0.120. The highest BCUT2D eigenvalue weighted by atomic mass is 15.2. The van der Waals surface area contributed by atoms with Crippen LogP contribution in [0, 0.1) is 5.92 Å². The lowest BCUT2D eigenvalue weighted by Crippen LogP contribution is -2.49. The van der Waals surface area contributed by atoms with Crippen LogP contribution in [0.3, 0.4) is 0 Å². The molecule has 2 atom stereocenters. The predicted molar refractivity (Wildman–Crippen MR) is 56.2 cm³/mol. The van der Waals surface area contributed by atoms with Crippen molar-refractivity contribution in [3.63, 3.8) is 0 Å². The number of hydrogen-bond acceptors (Lipinski definition) is 3. The van der Waals surface area contributed by atoms with Gasteiger partial charge in [0, 0.05) is 0 Å². The molecule has 0 aliphatic carbocycles. The van der Waals surface area contributed by atoms with E-state index in [0.29, 0.717) is 5.92 Å². The summed E-state index contributed by atoms with van der Waals surface area (Å²) in [7, 11) is 0. The van der Waals surface area contributed by atoms with Crippen LogP contribution in [0.4, 0.5) is 0 Å². The number of nitrogens with zero attached hydrogens (tertiary/aromatic N) is 1. The first kappa shape index (κ1) is 11.0. The van der Waals surface area contributed by atoms with Crippen molar-refractivity contribution < 1.29 is 0 Å². The third-order valence-electron chi connectivity index (χ3n) is 3.00. The lowest BCUT2D eigenvalue weighted by molar-refractivity contribution is 0.116. The van der Waals surface area contributed by atoms with Gasteiger partial charge in [-0.25, -0.2) is 0 Å². The fourth-order valence-corrected chi connectivity index (χ4v) is 1.98. The maximum Gasteiger partial charge on any atom is 0.0574 e. The molecule has 0 aromatic rings. The van der Waals surface area contributed by atoms with Crippen molar-refractivity contribution in [2.45, 2.75) is 38.8 Å². The van der Waals surface area contributed by atoms with Crippen LogP contribution >= 0.6 is 0 Å². The van der Waals surface area contributed by atoms with Gasteiger partial charge in [-0.3, -0.25) is 4.90 Å². The summed E-state index contributed by atoms with van der Waals surface area (Å²) in [5, 5.41) is 0. The Balaban J connectivity index is 2.26. The molecule has 1 aliphatic rings. The van der Waals surface area contributed by atoms with Crippen LogP contribution in [0.1, 0.15) is 32.6 Å². The minimum absolute atomic E-state index is 0.258. The minimum atomic E-state index is 0.258. The van der Waals surface area contributed by atoms with Crippen molar-refractivity contribution in [3.8, 4) is 0 Å². The lowest BCUT2D eigenvalue weighted by atomic mass is 9.94. The largest absolute Gasteiger partial charge is 0.330 e. The third-order valence-corrected chi connectivity index (χ3v) is 3.00. The number of likely N-dealkylation sites (tertiary alicyclic amines) is 1. The van der Waals surface area contributed by atoms with Crippen molar-refractivity contribution >= 4 is 0 Å². The molecule has 0 aromatic heterocycles. The Morgan fingerprint density at radius 1 is 1.46 bits per heavy atom. The summed E-state index contributed by atoms with van der Waals surface area (Å²) in [5.74, 6) is 0.660. The number of hydrogen-bond donors (Lipinski definition) is 2. The monoisotopic (exact) mass is 185 g/mol. The second-order valence-corrected chi connectivity index (χ2v) is 4.08. The summed E-state index contributed by atoms with van der Waals surface area (Å²) in [5.41, 5.74) is 11.7. The maximum atomic E-state index is 6.06. The average molecular weight is 185 g/mol. The Kier molecular flexibility index (Phi) is 4.70. The van der Waals surface area contributed by atoms with Gasteiger partial charge in [0.05, 0.1) is 6.17 Å². The molecule has 0 saturated carbocycles. The van der Waals surface area contributed by atoms with Gasteiger partial charge in [-0.2, -0.15) is 0 Å². The lowest BCUT2D eigenvalue weighted by Gasteiger charge is -2.36. The molecule has 1 heterocycles. The standard InChI is InChI=1S/C10H23N3/c1-2-3-5-13-6-4-9(8-11)7-10(13)12/h9-10H,2-8,11-12H2,1H3. The van der Waals surface area contributed by atoms with Crippen LogP contribution < -0.4 is 11.5 Å². The highest BCUT2D eigenvalue weighted by Gasteiger charge is 2.23. The molecular formula is C10H23N3. The van der Waals surface area contributed by atoms with Crippen molar-refractivity contribution in [1.82, 2.24) is 4.90 Å². The average Bonchev–Trinajstić information content (AvgIpc) is 2.16. The van der Waals surface area contributed by atoms with Crippen LogP contribution in [0.25, 0.3) is 0 Å². The Bertz CT molecular complexity index is 138. The Morgan fingerprint density at radius 2 is 2.23 bits per heavy atom. The molecule has 0 spiro atoms. The number of piperidine rings is 1. The van der Waals surface area contributed by atoms with Gasteiger partial charge in [0.2, 0.25) is 0 Å². The molecule has 13 heavy (non-hydrogen) atoms.